The van der Waals surface area contributed by atoms with Gasteiger partial charge in [0.1, 0.15) is 18.1 Å². The van der Waals surface area contributed by atoms with E-state index in [2.05, 4.69) is 10.3 Å². The second-order valence-electron chi connectivity index (χ2n) is 11.5. The maximum Gasteiger partial charge on any atom is 0.410 e. The maximum absolute atomic E-state index is 13.5. The van der Waals surface area contributed by atoms with Crippen molar-refractivity contribution in [3.8, 4) is 11.3 Å². The number of nitrogens with two attached hydrogens (primary N) is 1. The number of halogens is 1. The third-order valence-electron chi connectivity index (χ3n) is 7.76. The highest BCUT2D eigenvalue weighted by atomic mass is 19.1. The number of carbonyl (C=O) groups is 2. The van der Waals surface area contributed by atoms with Crippen molar-refractivity contribution in [2.24, 2.45) is 17.1 Å². The summed E-state index contributed by atoms with van der Waals surface area (Å²) in [6, 6.07) is 14.6. The van der Waals surface area contributed by atoms with Crippen molar-refractivity contribution in [2.75, 3.05) is 13.1 Å². The van der Waals surface area contributed by atoms with Crippen molar-refractivity contribution in [1.29, 1.82) is 0 Å². The number of benzene rings is 2. The Labute approximate surface area is 227 Å². The van der Waals surface area contributed by atoms with Gasteiger partial charge in [-0.1, -0.05) is 56.3 Å². The van der Waals surface area contributed by atoms with Gasteiger partial charge in [0.2, 0.25) is 5.91 Å². The van der Waals surface area contributed by atoms with Crippen molar-refractivity contribution in [2.45, 2.75) is 58.5 Å². The van der Waals surface area contributed by atoms with Crippen molar-refractivity contribution >= 4 is 12.0 Å². The third-order valence-corrected chi connectivity index (χ3v) is 7.76. The Bertz CT molecular complexity index is 1310. The van der Waals surface area contributed by atoms with E-state index in [9.17, 15) is 14.0 Å². The first-order valence-corrected chi connectivity index (χ1v) is 13.3. The highest BCUT2D eigenvalue weighted by Gasteiger charge is 2.53. The SMILES string of the molecule is CC(C)(C)[C@H](N)C(=O)N1CC[C@@H]2[C@H]1[C@@H](Cn1cc(-c3ccc(F)cc3)nn1)CN2C(=O)OCc1ccccc1. The molecule has 0 unspecified atom stereocenters. The lowest BCUT2D eigenvalue weighted by molar-refractivity contribution is -0.136. The van der Waals surface area contributed by atoms with E-state index in [1.807, 2.05) is 56.0 Å². The molecule has 2 aliphatic heterocycles. The van der Waals surface area contributed by atoms with E-state index < -0.39 is 17.6 Å². The minimum absolute atomic E-state index is 0.0966. The molecule has 10 heteroatoms. The molecule has 3 heterocycles. The summed E-state index contributed by atoms with van der Waals surface area (Å²) in [5, 5.41) is 8.55. The Balaban J connectivity index is 1.36. The Morgan fingerprint density at radius 3 is 2.51 bits per heavy atom. The van der Waals surface area contributed by atoms with Gasteiger partial charge in [0.15, 0.2) is 0 Å². The highest BCUT2D eigenvalue weighted by Crippen LogP contribution is 2.38. The first-order valence-electron chi connectivity index (χ1n) is 13.3. The number of amides is 2. The molecule has 0 bridgehead atoms. The van der Waals surface area contributed by atoms with Crippen LogP contribution in [0.15, 0.2) is 60.8 Å². The van der Waals surface area contributed by atoms with Crippen LogP contribution in [0.4, 0.5) is 9.18 Å². The number of nitrogens with zero attached hydrogens (tertiary/aromatic N) is 5. The molecule has 9 nitrogen and oxygen atoms in total. The molecule has 2 fully saturated rings. The molecular weight excluding hydrogens is 499 g/mol. The second kappa shape index (κ2) is 10.8. The third kappa shape index (κ3) is 5.66. The lowest BCUT2D eigenvalue weighted by atomic mass is 9.86. The molecule has 4 atom stereocenters. The van der Waals surface area contributed by atoms with E-state index in [0.717, 1.165) is 11.1 Å². The minimum atomic E-state index is -0.660. The second-order valence-corrected chi connectivity index (χ2v) is 11.5. The van der Waals surface area contributed by atoms with Crippen molar-refractivity contribution in [3.05, 3.63) is 72.2 Å². The van der Waals surface area contributed by atoms with E-state index in [1.54, 1.807) is 27.9 Å². The van der Waals surface area contributed by atoms with Crippen molar-refractivity contribution in [1.82, 2.24) is 24.8 Å². The molecule has 0 saturated carbocycles. The maximum atomic E-state index is 13.5. The predicted octanol–water partition coefficient (Wildman–Crippen LogP) is 3.70. The zero-order valence-corrected chi connectivity index (χ0v) is 22.5. The number of hydrogen-bond donors (Lipinski definition) is 1. The van der Waals surface area contributed by atoms with E-state index in [0.29, 0.717) is 31.7 Å². The predicted molar refractivity (Wildman–Crippen MR) is 144 cm³/mol. The molecule has 2 N–H and O–H groups in total. The summed E-state index contributed by atoms with van der Waals surface area (Å²) in [6.07, 6.45) is 2.07. The molecule has 0 spiro atoms. The summed E-state index contributed by atoms with van der Waals surface area (Å²) < 4.78 is 20.8. The summed E-state index contributed by atoms with van der Waals surface area (Å²) in [4.78, 5) is 30.4. The molecule has 0 radical (unpaired) electrons. The van der Waals surface area contributed by atoms with Crippen LogP contribution in [-0.2, 0) is 22.7 Å². The van der Waals surface area contributed by atoms with Crippen LogP contribution in [0.5, 0.6) is 0 Å². The van der Waals surface area contributed by atoms with E-state index in [1.165, 1.54) is 12.1 Å². The molecule has 2 aliphatic rings. The number of carbonyl (C=O) groups excluding carboxylic acids is 2. The van der Waals surface area contributed by atoms with Crippen LogP contribution in [0.25, 0.3) is 11.3 Å². The molecule has 3 aromatic rings. The smallest absolute Gasteiger partial charge is 0.410 e. The highest BCUT2D eigenvalue weighted by molar-refractivity contribution is 5.83. The number of fused-ring (bicyclic) bond motifs is 1. The largest absolute Gasteiger partial charge is 0.445 e. The van der Waals surface area contributed by atoms with Gasteiger partial charge in [0, 0.05) is 31.1 Å². The van der Waals surface area contributed by atoms with Crippen LogP contribution in [0.3, 0.4) is 0 Å². The zero-order valence-electron chi connectivity index (χ0n) is 22.5. The summed E-state index contributed by atoms with van der Waals surface area (Å²) in [7, 11) is 0. The fraction of sp³-hybridized carbons (Fsp3) is 0.448. The van der Waals surface area contributed by atoms with E-state index in [-0.39, 0.29) is 36.3 Å². The van der Waals surface area contributed by atoms with Gasteiger partial charge in [-0.05, 0) is 41.7 Å². The van der Waals surface area contributed by atoms with Gasteiger partial charge in [-0.2, -0.15) is 0 Å². The Kier molecular flexibility index (Phi) is 7.40. The monoisotopic (exact) mass is 534 g/mol. The van der Waals surface area contributed by atoms with Gasteiger partial charge in [-0.15, -0.1) is 5.10 Å². The van der Waals surface area contributed by atoms with Crippen LogP contribution < -0.4 is 5.73 Å². The summed E-state index contributed by atoms with van der Waals surface area (Å²) >= 11 is 0. The zero-order chi connectivity index (χ0) is 27.7. The number of likely N-dealkylation sites (tertiary alicyclic amines) is 2. The number of rotatable bonds is 6. The molecule has 39 heavy (non-hydrogen) atoms. The van der Waals surface area contributed by atoms with Crippen LogP contribution in [0.1, 0.15) is 32.8 Å². The molecule has 2 saturated heterocycles. The fourth-order valence-corrected chi connectivity index (χ4v) is 5.57. The van der Waals surface area contributed by atoms with Gasteiger partial charge in [-0.25, -0.2) is 9.18 Å². The van der Waals surface area contributed by atoms with Gasteiger partial charge in [0.05, 0.1) is 24.3 Å². The number of hydrogen-bond acceptors (Lipinski definition) is 6. The summed E-state index contributed by atoms with van der Waals surface area (Å²) in [5.41, 5.74) is 8.28. The van der Waals surface area contributed by atoms with Gasteiger partial charge >= 0.3 is 6.09 Å². The van der Waals surface area contributed by atoms with Crippen LogP contribution in [0, 0.1) is 17.2 Å². The average Bonchev–Trinajstić information content (AvgIpc) is 3.64. The topological polar surface area (TPSA) is 107 Å². The quantitative estimate of drug-likeness (QED) is 0.517. The number of ether oxygens (including phenoxy) is 1. The minimum Gasteiger partial charge on any atom is -0.445 e. The van der Waals surface area contributed by atoms with Gasteiger partial charge in [0.25, 0.3) is 0 Å². The first-order chi connectivity index (χ1) is 18.6. The normalized spacial score (nSPS) is 21.6. The van der Waals surface area contributed by atoms with Crippen LogP contribution in [-0.4, -0.2) is 68.0 Å². The van der Waals surface area contributed by atoms with Crippen LogP contribution in [0.2, 0.25) is 0 Å². The molecule has 2 aromatic carbocycles. The van der Waals surface area contributed by atoms with E-state index >= 15 is 0 Å². The average molecular weight is 535 g/mol. The Morgan fingerprint density at radius 2 is 1.82 bits per heavy atom. The molecule has 1 aromatic heterocycles. The molecular formula is C29H35FN6O3. The summed E-state index contributed by atoms with van der Waals surface area (Å²) in [6.45, 7) is 7.43. The fourth-order valence-electron chi connectivity index (χ4n) is 5.57. The standard InChI is InChI=1S/C29H35FN6O3/c1-29(2,3)26(31)27(37)35-14-13-24-25(35)21(16-36(24)28(38)39-18-19-7-5-4-6-8-19)15-34-17-23(32-33-34)20-9-11-22(30)12-10-20/h4-12,17,21,24-26H,13-16,18,31H2,1-3H3/t21-,24+,25+,26+/m0/s1. The van der Waals surface area contributed by atoms with Crippen LogP contribution >= 0.6 is 0 Å². The molecule has 2 amide bonds. The number of aromatic nitrogens is 3. The van der Waals surface area contributed by atoms with E-state index in [4.69, 9.17) is 10.5 Å². The van der Waals surface area contributed by atoms with Gasteiger partial charge in [-0.3, -0.25) is 9.48 Å². The molecule has 0 aliphatic carbocycles. The molecule has 206 valence electrons. The van der Waals surface area contributed by atoms with Crippen molar-refractivity contribution in [3.63, 3.8) is 0 Å². The Morgan fingerprint density at radius 1 is 1.10 bits per heavy atom. The van der Waals surface area contributed by atoms with Gasteiger partial charge < -0.3 is 20.3 Å². The lowest BCUT2D eigenvalue weighted by Crippen LogP contribution is -2.54. The van der Waals surface area contributed by atoms with Crippen molar-refractivity contribution < 1.29 is 18.7 Å². The first kappa shape index (κ1) is 26.8. The summed E-state index contributed by atoms with van der Waals surface area (Å²) in [5.74, 6) is -0.521. The Hall–Kier alpha value is -3.79. The molecule has 5 rings (SSSR count). The lowest BCUT2D eigenvalue weighted by Gasteiger charge is -2.34.